The summed E-state index contributed by atoms with van der Waals surface area (Å²) in [5, 5.41) is 9.88. The lowest BCUT2D eigenvalue weighted by molar-refractivity contribution is -0.122. The van der Waals surface area contributed by atoms with Crippen molar-refractivity contribution in [2.45, 2.75) is 26.8 Å². The van der Waals surface area contributed by atoms with Gasteiger partial charge in [-0.05, 0) is 49.6 Å². The van der Waals surface area contributed by atoms with E-state index in [9.17, 15) is 14.9 Å². The van der Waals surface area contributed by atoms with Crippen LogP contribution >= 0.6 is 24.0 Å². The van der Waals surface area contributed by atoms with Crippen LogP contribution in [0.2, 0.25) is 0 Å². The van der Waals surface area contributed by atoms with Gasteiger partial charge >= 0.3 is 0 Å². The summed E-state index contributed by atoms with van der Waals surface area (Å²) in [6.45, 7) is 7.62. The van der Waals surface area contributed by atoms with E-state index in [0.29, 0.717) is 47.4 Å². The highest BCUT2D eigenvalue weighted by Gasteiger charge is 2.33. The minimum Gasteiger partial charge on any atom is -0.368 e. The van der Waals surface area contributed by atoms with E-state index in [0.717, 1.165) is 30.0 Å². The zero-order valence-electron chi connectivity index (χ0n) is 22.7. The van der Waals surface area contributed by atoms with Crippen molar-refractivity contribution in [3.63, 3.8) is 0 Å². The normalized spacial score (nSPS) is 16.6. The first-order valence-electron chi connectivity index (χ1n) is 13.4. The van der Waals surface area contributed by atoms with Crippen LogP contribution in [0.1, 0.15) is 29.2 Å². The summed E-state index contributed by atoms with van der Waals surface area (Å²) in [7, 11) is 0. The number of piperazine rings is 1. The molecule has 2 aliphatic heterocycles. The highest BCUT2D eigenvalue weighted by Crippen LogP contribution is 2.36. The van der Waals surface area contributed by atoms with E-state index in [1.54, 1.807) is 16.4 Å². The molecule has 0 radical (unpaired) electrons. The van der Waals surface area contributed by atoms with Crippen molar-refractivity contribution in [1.82, 2.24) is 9.47 Å². The fourth-order valence-corrected chi connectivity index (χ4v) is 6.59. The number of thioether (sulfide) groups is 1. The van der Waals surface area contributed by atoms with E-state index >= 15 is 0 Å². The first kappa shape index (κ1) is 27.7. The summed E-state index contributed by atoms with van der Waals surface area (Å²) in [6, 6.07) is 22.4. The Bertz CT molecular complexity index is 1550. The van der Waals surface area contributed by atoms with Crippen LogP contribution in [0.4, 0.5) is 11.5 Å². The summed E-state index contributed by atoms with van der Waals surface area (Å²) in [5.74, 6) is 0.615. The number of carbonyl (C=O) groups excluding carboxylic acids is 1. The lowest BCUT2D eigenvalue weighted by Gasteiger charge is -2.39. The number of hydrogen-bond donors (Lipinski definition) is 0. The highest BCUT2D eigenvalue weighted by molar-refractivity contribution is 8.26. The zero-order chi connectivity index (χ0) is 28.2. The second kappa shape index (κ2) is 12.1. The number of anilines is 2. The van der Waals surface area contributed by atoms with Crippen molar-refractivity contribution in [2.75, 3.05) is 42.5 Å². The second-order valence-electron chi connectivity index (χ2n) is 9.78. The van der Waals surface area contributed by atoms with Crippen LogP contribution in [-0.2, 0) is 17.8 Å². The fourth-order valence-electron chi connectivity index (χ4n) is 5.30. The summed E-state index contributed by atoms with van der Waals surface area (Å²) < 4.78 is 2.19. The van der Waals surface area contributed by atoms with Gasteiger partial charge in [0, 0.05) is 50.5 Å². The second-order valence-corrected chi connectivity index (χ2v) is 11.5. The smallest absolute Gasteiger partial charge is 0.270 e. The number of amides is 1. The molecule has 0 aliphatic carbocycles. The average Bonchev–Trinajstić information content (AvgIpc) is 3.25. The molecule has 3 aromatic rings. The maximum atomic E-state index is 13.5. The molecule has 9 heteroatoms. The fraction of sp³-hybridized carbons (Fsp3) is 0.290. The molecule has 204 valence electrons. The van der Waals surface area contributed by atoms with E-state index in [4.69, 9.17) is 12.2 Å². The average molecular weight is 570 g/mol. The first-order valence-corrected chi connectivity index (χ1v) is 14.7. The predicted octanol–water partition coefficient (Wildman–Crippen LogP) is 4.82. The molecule has 5 rings (SSSR count). The Morgan fingerprint density at radius 1 is 0.975 bits per heavy atom. The van der Waals surface area contributed by atoms with Gasteiger partial charge in [-0.15, -0.1) is 0 Å². The molecule has 0 unspecified atom stereocenters. The Kier molecular flexibility index (Phi) is 8.38. The Morgan fingerprint density at radius 3 is 2.23 bits per heavy atom. The Hall–Kier alpha value is -3.87. The number of thiocarbonyl (C=S) groups is 1. The van der Waals surface area contributed by atoms with Crippen LogP contribution in [0, 0.1) is 18.3 Å². The molecule has 3 heterocycles. The maximum Gasteiger partial charge on any atom is 0.270 e. The third kappa shape index (κ3) is 5.42. The molecular formula is C31H31N5O2S2. The first-order chi connectivity index (χ1) is 19.4. The van der Waals surface area contributed by atoms with Crippen molar-refractivity contribution in [3.8, 4) is 6.07 Å². The van der Waals surface area contributed by atoms with Gasteiger partial charge in [-0.2, -0.15) is 5.26 Å². The van der Waals surface area contributed by atoms with Gasteiger partial charge in [-0.3, -0.25) is 19.1 Å². The molecule has 2 aliphatic rings. The van der Waals surface area contributed by atoms with E-state index in [1.165, 1.54) is 17.4 Å². The lowest BCUT2D eigenvalue weighted by atomic mass is 10.0. The number of rotatable bonds is 7. The molecule has 0 saturated carbocycles. The monoisotopic (exact) mass is 569 g/mol. The molecule has 1 amide bonds. The van der Waals surface area contributed by atoms with E-state index in [2.05, 4.69) is 28.0 Å². The van der Waals surface area contributed by atoms with Gasteiger partial charge in [-0.25, -0.2) is 0 Å². The number of nitriles is 1. The van der Waals surface area contributed by atoms with Crippen molar-refractivity contribution in [2.24, 2.45) is 0 Å². The van der Waals surface area contributed by atoms with E-state index < -0.39 is 0 Å². The molecule has 40 heavy (non-hydrogen) atoms. The number of nitrogens with zero attached hydrogens (tertiary/aromatic N) is 5. The summed E-state index contributed by atoms with van der Waals surface area (Å²) >= 11 is 6.87. The molecule has 2 fully saturated rings. The molecule has 2 saturated heterocycles. The van der Waals surface area contributed by atoms with Crippen molar-refractivity contribution < 1.29 is 4.79 Å². The summed E-state index contributed by atoms with van der Waals surface area (Å²) in [5.41, 5.74) is 3.45. The summed E-state index contributed by atoms with van der Waals surface area (Å²) in [4.78, 5) is 33.6. The van der Waals surface area contributed by atoms with Crippen LogP contribution in [0.3, 0.4) is 0 Å². The molecular weight excluding hydrogens is 539 g/mol. The number of aromatic nitrogens is 1. The number of hydrogen-bond acceptors (Lipinski definition) is 7. The molecule has 2 aromatic carbocycles. The van der Waals surface area contributed by atoms with Crippen LogP contribution in [-0.4, -0.2) is 52.4 Å². The van der Waals surface area contributed by atoms with Crippen molar-refractivity contribution in [1.29, 1.82) is 5.26 Å². The number of pyridine rings is 1. The Labute approximate surface area is 244 Å². The largest absolute Gasteiger partial charge is 0.368 e. The zero-order valence-corrected chi connectivity index (χ0v) is 24.3. The standard InChI is InChI=1S/C31H31N5O2S2/c1-3-35-28(34-18-16-33(17-19-34)24-12-8-5-9-13-24)25(22(2)26(21-32)29(35)37)20-27-30(38)36(31(39)40-27)15-14-23-10-6-4-7-11-23/h4-13,20H,3,14-19H2,1-2H3. The Morgan fingerprint density at radius 2 is 1.60 bits per heavy atom. The summed E-state index contributed by atoms with van der Waals surface area (Å²) in [6.07, 6.45) is 2.54. The maximum absolute atomic E-state index is 13.5. The SMILES string of the molecule is CCn1c(N2CCN(c3ccccc3)CC2)c(C=C2SC(=S)N(CCc3ccccc3)C2=O)c(C)c(C#N)c1=O. The van der Waals surface area contributed by atoms with E-state index in [-0.39, 0.29) is 17.0 Å². The van der Waals surface area contributed by atoms with Gasteiger partial charge in [-0.1, -0.05) is 72.5 Å². The topological polar surface area (TPSA) is 72.6 Å². The Balaban J connectivity index is 1.48. The van der Waals surface area contributed by atoms with Gasteiger partial charge in [0.15, 0.2) is 0 Å². The van der Waals surface area contributed by atoms with Crippen molar-refractivity contribution in [3.05, 3.63) is 98.2 Å². The number of carbonyl (C=O) groups is 1. The minimum absolute atomic E-state index is 0.110. The van der Waals surface area contributed by atoms with Crippen molar-refractivity contribution >= 4 is 51.8 Å². The van der Waals surface area contributed by atoms with Gasteiger partial charge in [0.1, 0.15) is 21.8 Å². The van der Waals surface area contributed by atoms with E-state index in [1.807, 2.05) is 61.5 Å². The molecule has 0 atom stereocenters. The van der Waals surface area contributed by atoms with Crippen LogP contribution in [0.5, 0.6) is 0 Å². The molecule has 0 spiro atoms. The minimum atomic E-state index is -0.296. The molecule has 0 bridgehead atoms. The quantitative estimate of drug-likeness (QED) is 0.299. The third-order valence-electron chi connectivity index (χ3n) is 7.48. The van der Waals surface area contributed by atoms with Gasteiger partial charge in [0.2, 0.25) is 0 Å². The van der Waals surface area contributed by atoms with Gasteiger partial charge < -0.3 is 9.80 Å². The van der Waals surface area contributed by atoms with Gasteiger partial charge in [0.05, 0.1) is 4.91 Å². The van der Waals surface area contributed by atoms with Gasteiger partial charge in [0.25, 0.3) is 11.5 Å². The molecule has 0 N–H and O–H groups in total. The molecule has 1 aromatic heterocycles. The van der Waals surface area contributed by atoms with Crippen LogP contribution in [0.15, 0.2) is 70.4 Å². The third-order valence-corrected chi connectivity index (χ3v) is 8.86. The lowest BCUT2D eigenvalue weighted by Crippen LogP contribution is -2.48. The predicted molar refractivity (Wildman–Crippen MR) is 167 cm³/mol. The highest BCUT2D eigenvalue weighted by atomic mass is 32.2. The molecule has 7 nitrogen and oxygen atoms in total. The van der Waals surface area contributed by atoms with Crippen LogP contribution < -0.4 is 15.4 Å². The number of benzene rings is 2. The van der Waals surface area contributed by atoms with Crippen LogP contribution in [0.25, 0.3) is 6.08 Å². The number of para-hydroxylation sites is 1.